The van der Waals surface area contributed by atoms with Crippen molar-refractivity contribution < 1.29 is 13.6 Å². The van der Waals surface area contributed by atoms with Gasteiger partial charge in [0, 0.05) is 11.8 Å². The molecule has 2 aromatic rings. The fourth-order valence-electron chi connectivity index (χ4n) is 1.24. The molecule has 0 aliphatic heterocycles. The standard InChI is InChI=1S/C10H8F2N4O/c11-6-2-1-5(3-7(6)12)15-10(17)9-8(13)4-14-16-9/h1-4H,13H2,(H,14,16)(H,15,17). The minimum atomic E-state index is -1.04. The zero-order valence-corrected chi connectivity index (χ0v) is 8.50. The second-order valence-electron chi connectivity index (χ2n) is 3.28. The number of benzene rings is 1. The third-order valence-electron chi connectivity index (χ3n) is 2.07. The van der Waals surface area contributed by atoms with Crippen LogP contribution in [0, 0.1) is 11.6 Å². The molecular formula is C10H8F2N4O. The molecule has 0 aliphatic carbocycles. The van der Waals surface area contributed by atoms with Crippen LogP contribution in [-0.4, -0.2) is 16.1 Å². The summed E-state index contributed by atoms with van der Waals surface area (Å²) in [5.74, 6) is -2.60. The molecule has 1 aromatic carbocycles. The van der Waals surface area contributed by atoms with Crippen molar-refractivity contribution in [2.24, 2.45) is 0 Å². The number of halogens is 2. The third kappa shape index (κ3) is 2.22. The van der Waals surface area contributed by atoms with Gasteiger partial charge in [0.25, 0.3) is 5.91 Å². The predicted octanol–water partition coefficient (Wildman–Crippen LogP) is 1.52. The summed E-state index contributed by atoms with van der Waals surface area (Å²) >= 11 is 0. The van der Waals surface area contributed by atoms with E-state index in [1.807, 2.05) is 0 Å². The normalized spacial score (nSPS) is 10.2. The molecule has 0 saturated heterocycles. The van der Waals surface area contributed by atoms with Crippen LogP contribution < -0.4 is 11.1 Å². The first-order valence-electron chi connectivity index (χ1n) is 4.63. The highest BCUT2D eigenvalue weighted by atomic mass is 19.2. The number of nitrogens with one attached hydrogen (secondary N) is 2. The van der Waals surface area contributed by atoms with E-state index in [9.17, 15) is 13.6 Å². The maximum absolute atomic E-state index is 12.9. The molecule has 1 amide bonds. The molecule has 17 heavy (non-hydrogen) atoms. The molecule has 7 heteroatoms. The Morgan fingerprint density at radius 2 is 2.12 bits per heavy atom. The number of amides is 1. The van der Waals surface area contributed by atoms with E-state index in [4.69, 9.17) is 5.73 Å². The largest absolute Gasteiger partial charge is 0.396 e. The number of carbonyl (C=O) groups is 1. The van der Waals surface area contributed by atoms with Gasteiger partial charge >= 0.3 is 0 Å². The highest BCUT2D eigenvalue weighted by Crippen LogP contribution is 2.15. The number of hydrogen-bond donors (Lipinski definition) is 3. The van der Waals surface area contributed by atoms with E-state index >= 15 is 0 Å². The Balaban J connectivity index is 2.19. The van der Waals surface area contributed by atoms with Gasteiger partial charge in [0.05, 0.1) is 11.9 Å². The SMILES string of the molecule is Nc1cn[nH]c1C(=O)Nc1ccc(F)c(F)c1. The highest BCUT2D eigenvalue weighted by Gasteiger charge is 2.12. The first kappa shape index (κ1) is 11.1. The van der Waals surface area contributed by atoms with E-state index in [1.165, 1.54) is 12.3 Å². The van der Waals surface area contributed by atoms with Crippen LogP contribution in [-0.2, 0) is 0 Å². The Morgan fingerprint density at radius 1 is 1.35 bits per heavy atom. The maximum atomic E-state index is 12.9. The molecule has 1 heterocycles. The summed E-state index contributed by atoms with van der Waals surface area (Å²) in [5, 5.41) is 8.32. The fourth-order valence-corrected chi connectivity index (χ4v) is 1.24. The van der Waals surface area contributed by atoms with Crippen molar-refractivity contribution in [1.29, 1.82) is 0 Å². The zero-order valence-electron chi connectivity index (χ0n) is 8.50. The van der Waals surface area contributed by atoms with E-state index in [0.717, 1.165) is 12.1 Å². The van der Waals surface area contributed by atoms with Gasteiger partial charge in [-0.15, -0.1) is 0 Å². The van der Waals surface area contributed by atoms with Gasteiger partial charge in [-0.05, 0) is 12.1 Å². The number of nitrogens with two attached hydrogens (primary N) is 1. The van der Waals surface area contributed by atoms with Gasteiger partial charge in [-0.25, -0.2) is 8.78 Å². The van der Waals surface area contributed by atoms with Crippen LogP contribution in [0.4, 0.5) is 20.2 Å². The van der Waals surface area contributed by atoms with Crippen molar-refractivity contribution in [3.8, 4) is 0 Å². The van der Waals surface area contributed by atoms with E-state index in [-0.39, 0.29) is 17.1 Å². The lowest BCUT2D eigenvalue weighted by atomic mass is 10.3. The first-order chi connectivity index (χ1) is 8.08. The molecule has 0 saturated carbocycles. The molecule has 1 aromatic heterocycles. The van der Waals surface area contributed by atoms with Crippen molar-refractivity contribution in [1.82, 2.24) is 10.2 Å². The van der Waals surface area contributed by atoms with Gasteiger partial charge < -0.3 is 11.1 Å². The van der Waals surface area contributed by atoms with E-state index < -0.39 is 17.5 Å². The van der Waals surface area contributed by atoms with Crippen LogP contribution in [0.25, 0.3) is 0 Å². The lowest BCUT2D eigenvalue weighted by molar-refractivity contribution is 0.102. The minimum absolute atomic E-state index is 0.0646. The van der Waals surface area contributed by atoms with Crippen LogP contribution in [0.2, 0.25) is 0 Å². The van der Waals surface area contributed by atoms with Crippen LogP contribution in [0.1, 0.15) is 10.5 Å². The Kier molecular flexibility index (Phi) is 2.73. The van der Waals surface area contributed by atoms with Crippen LogP contribution in [0.3, 0.4) is 0 Å². The number of nitrogen functional groups attached to an aromatic ring is 1. The molecule has 0 radical (unpaired) electrons. The zero-order chi connectivity index (χ0) is 12.4. The summed E-state index contributed by atoms with van der Waals surface area (Å²) in [6.07, 6.45) is 1.28. The predicted molar refractivity (Wildman–Crippen MR) is 57.3 cm³/mol. The Hall–Kier alpha value is -2.44. The molecule has 2 rings (SSSR count). The molecule has 0 aliphatic rings. The third-order valence-corrected chi connectivity index (χ3v) is 2.07. The summed E-state index contributed by atoms with van der Waals surface area (Å²) in [5.41, 5.74) is 5.82. The van der Waals surface area contributed by atoms with Crippen molar-refractivity contribution in [3.63, 3.8) is 0 Å². The maximum Gasteiger partial charge on any atom is 0.275 e. The highest BCUT2D eigenvalue weighted by molar-refractivity contribution is 6.06. The molecule has 0 unspecified atom stereocenters. The molecule has 4 N–H and O–H groups in total. The summed E-state index contributed by atoms with van der Waals surface area (Å²) in [7, 11) is 0. The van der Waals surface area contributed by atoms with Crippen molar-refractivity contribution >= 4 is 17.3 Å². The van der Waals surface area contributed by atoms with E-state index in [1.54, 1.807) is 0 Å². The van der Waals surface area contributed by atoms with Gasteiger partial charge in [-0.1, -0.05) is 0 Å². The monoisotopic (exact) mass is 238 g/mol. The summed E-state index contributed by atoms with van der Waals surface area (Å²) < 4.78 is 25.5. The van der Waals surface area contributed by atoms with Crippen molar-refractivity contribution in [2.75, 3.05) is 11.1 Å². The van der Waals surface area contributed by atoms with Crippen molar-refractivity contribution in [3.05, 3.63) is 41.7 Å². The molecule has 0 bridgehead atoms. The Morgan fingerprint density at radius 3 is 2.71 bits per heavy atom. The molecule has 0 atom stereocenters. The smallest absolute Gasteiger partial charge is 0.275 e. The molecule has 0 fully saturated rings. The quantitative estimate of drug-likeness (QED) is 0.741. The molecule has 88 valence electrons. The summed E-state index contributed by atoms with van der Waals surface area (Å²) in [6, 6.07) is 3.03. The number of carbonyl (C=O) groups excluding carboxylic acids is 1. The number of hydrogen-bond acceptors (Lipinski definition) is 3. The van der Waals surface area contributed by atoms with Gasteiger partial charge in [0.2, 0.25) is 0 Å². The van der Waals surface area contributed by atoms with Gasteiger partial charge in [0.1, 0.15) is 5.69 Å². The minimum Gasteiger partial charge on any atom is -0.396 e. The molecule has 5 nitrogen and oxygen atoms in total. The second kappa shape index (κ2) is 4.20. The van der Waals surface area contributed by atoms with Crippen LogP contribution in [0.15, 0.2) is 24.4 Å². The number of nitrogens with zero attached hydrogens (tertiary/aromatic N) is 1. The number of anilines is 2. The average Bonchev–Trinajstić information content (AvgIpc) is 2.70. The van der Waals surface area contributed by atoms with Crippen molar-refractivity contribution in [2.45, 2.75) is 0 Å². The van der Waals surface area contributed by atoms with E-state index in [2.05, 4.69) is 15.5 Å². The van der Waals surface area contributed by atoms with Crippen LogP contribution >= 0.6 is 0 Å². The number of rotatable bonds is 2. The van der Waals surface area contributed by atoms with Gasteiger partial charge in [-0.2, -0.15) is 5.10 Å². The lowest BCUT2D eigenvalue weighted by Crippen LogP contribution is -2.14. The number of aromatic amines is 1. The first-order valence-corrected chi connectivity index (χ1v) is 4.63. The molecule has 0 spiro atoms. The van der Waals surface area contributed by atoms with Crippen LogP contribution in [0.5, 0.6) is 0 Å². The van der Waals surface area contributed by atoms with E-state index in [0.29, 0.717) is 0 Å². The van der Waals surface area contributed by atoms with Gasteiger partial charge in [0.15, 0.2) is 11.6 Å². The van der Waals surface area contributed by atoms with Gasteiger partial charge in [-0.3, -0.25) is 9.89 Å². The topological polar surface area (TPSA) is 83.8 Å². The number of H-pyrrole nitrogens is 1. The Labute approximate surface area is 94.6 Å². The summed E-state index contributed by atoms with van der Waals surface area (Å²) in [4.78, 5) is 11.6. The number of aromatic nitrogens is 2. The second-order valence-corrected chi connectivity index (χ2v) is 3.28. The fraction of sp³-hybridized carbons (Fsp3) is 0. The Bertz CT molecular complexity index is 567. The molecular weight excluding hydrogens is 230 g/mol. The summed E-state index contributed by atoms with van der Waals surface area (Å²) in [6.45, 7) is 0. The average molecular weight is 238 g/mol. The lowest BCUT2D eigenvalue weighted by Gasteiger charge is -2.04.